The van der Waals surface area contributed by atoms with Gasteiger partial charge in [-0.25, -0.2) is 4.79 Å². The zero-order chi connectivity index (χ0) is 30.7. The number of hydrogen-bond donors (Lipinski definition) is 1. The van der Waals surface area contributed by atoms with Crippen molar-refractivity contribution in [3.05, 3.63) is 58.1 Å². The molecule has 0 bridgehead atoms. The second-order valence-electron chi connectivity index (χ2n) is 12.1. The molecule has 228 valence electrons. The number of amides is 3. The van der Waals surface area contributed by atoms with Crippen molar-refractivity contribution < 1.29 is 24.2 Å². The third-order valence-corrected chi connectivity index (χ3v) is 8.95. The number of ether oxygens (including phenoxy) is 1. The normalized spacial score (nSPS) is 19.0. The van der Waals surface area contributed by atoms with Crippen LogP contribution in [-0.4, -0.2) is 88.6 Å². The Morgan fingerprint density at radius 3 is 2.33 bits per heavy atom. The summed E-state index contributed by atoms with van der Waals surface area (Å²) in [5.74, 6) is 0.191. The number of carbonyl (C=O) groups is 3. The Morgan fingerprint density at radius 1 is 1.02 bits per heavy atom. The van der Waals surface area contributed by atoms with Crippen LogP contribution in [0.1, 0.15) is 50.7 Å². The highest BCUT2D eigenvalue weighted by Gasteiger charge is 2.39. The van der Waals surface area contributed by atoms with E-state index in [-0.39, 0.29) is 30.8 Å². The van der Waals surface area contributed by atoms with E-state index >= 15 is 0 Å². The molecule has 10 nitrogen and oxygen atoms in total. The molecule has 0 spiro atoms. The molecule has 11 heteroatoms. The molecule has 2 saturated heterocycles. The smallest absolute Gasteiger partial charge is 0.407 e. The summed E-state index contributed by atoms with van der Waals surface area (Å²) < 4.78 is 7.23. The minimum absolute atomic E-state index is 0.151. The molecule has 1 unspecified atom stereocenters. The van der Waals surface area contributed by atoms with E-state index in [0.717, 1.165) is 48.0 Å². The molecule has 3 amide bonds. The van der Waals surface area contributed by atoms with Gasteiger partial charge in [-0.2, -0.15) is 5.26 Å². The summed E-state index contributed by atoms with van der Waals surface area (Å²) in [5.41, 5.74) is 1.08. The molecule has 2 heterocycles. The zero-order valence-electron chi connectivity index (χ0n) is 24.7. The van der Waals surface area contributed by atoms with E-state index in [4.69, 9.17) is 4.74 Å². The van der Waals surface area contributed by atoms with Gasteiger partial charge in [0, 0.05) is 68.1 Å². The molecular weight excluding hydrogens is 614 g/mol. The Balaban J connectivity index is 1.28. The number of piperidine rings is 1. The molecular formula is C32H38BrN5O5. The molecule has 5 rings (SSSR count). The van der Waals surface area contributed by atoms with Gasteiger partial charge < -0.3 is 29.4 Å². The summed E-state index contributed by atoms with van der Waals surface area (Å²) in [4.78, 5) is 45.5. The van der Waals surface area contributed by atoms with Crippen molar-refractivity contribution in [2.24, 2.45) is 5.92 Å². The van der Waals surface area contributed by atoms with Crippen molar-refractivity contribution in [2.45, 2.75) is 57.7 Å². The summed E-state index contributed by atoms with van der Waals surface area (Å²) in [5, 5.41) is 19.0. The van der Waals surface area contributed by atoms with Gasteiger partial charge in [-0.15, -0.1) is 0 Å². The first kappa shape index (κ1) is 30.7. The lowest BCUT2D eigenvalue weighted by molar-refractivity contribution is -0.147. The monoisotopic (exact) mass is 651 g/mol. The quantitative estimate of drug-likeness (QED) is 0.439. The molecule has 3 fully saturated rings. The molecule has 0 radical (unpaired) electrons. The summed E-state index contributed by atoms with van der Waals surface area (Å²) in [6.07, 6.45) is 2.75. The number of benzene rings is 2. The Morgan fingerprint density at radius 2 is 1.70 bits per heavy atom. The highest BCUT2D eigenvalue weighted by atomic mass is 79.9. The number of carbonyl (C=O) groups excluding carboxylic acids is 2. The third-order valence-electron chi connectivity index (χ3n) is 8.42. The molecule has 1 aliphatic carbocycles. The third kappa shape index (κ3) is 7.42. The molecule has 0 aromatic heterocycles. The minimum atomic E-state index is -1.23. The SMILES string of the molecule is CC(C)(Oc1cc(C#N)cc(N2CCCC(C(=O)N(Cc3ccc(Br)cc3)C3CC3)C2)c1)C(=O)N1CCN(C(=O)O)CC1. The van der Waals surface area contributed by atoms with Crippen LogP contribution in [-0.2, 0) is 16.1 Å². The lowest BCUT2D eigenvalue weighted by Gasteiger charge is -2.38. The second kappa shape index (κ2) is 12.8. The topological polar surface area (TPSA) is 117 Å². The van der Waals surface area contributed by atoms with Gasteiger partial charge in [0.2, 0.25) is 5.91 Å². The van der Waals surface area contributed by atoms with Crippen molar-refractivity contribution in [1.82, 2.24) is 14.7 Å². The fraction of sp³-hybridized carbons (Fsp3) is 0.500. The zero-order valence-corrected chi connectivity index (χ0v) is 26.3. The van der Waals surface area contributed by atoms with Crippen LogP contribution in [0, 0.1) is 17.2 Å². The van der Waals surface area contributed by atoms with E-state index in [2.05, 4.69) is 39.0 Å². The molecule has 2 aromatic carbocycles. The highest BCUT2D eigenvalue weighted by Crippen LogP contribution is 2.34. The van der Waals surface area contributed by atoms with Crippen LogP contribution in [0.2, 0.25) is 0 Å². The largest absolute Gasteiger partial charge is 0.478 e. The number of halogens is 1. The van der Waals surface area contributed by atoms with Crippen LogP contribution in [0.3, 0.4) is 0 Å². The number of carboxylic acid groups (broad SMARTS) is 1. The van der Waals surface area contributed by atoms with Gasteiger partial charge in [0.1, 0.15) is 5.75 Å². The van der Waals surface area contributed by atoms with E-state index in [0.29, 0.717) is 43.5 Å². The lowest BCUT2D eigenvalue weighted by atomic mass is 9.95. The van der Waals surface area contributed by atoms with Crippen molar-refractivity contribution >= 4 is 39.5 Å². The molecule has 1 N–H and O–H groups in total. The van der Waals surface area contributed by atoms with Crippen LogP contribution in [0.15, 0.2) is 46.9 Å². The molecule has 1 atom stereocenters. The van der Waals surface area contributed by atoms with Gasteiger partial charge >= 0.3 is 6.09 Å². The van der Waals surface area contributed by atoms with Crippen LogP contribution in [0.25, 0.3) is 0 Å². The van der Waals surface area contributed by atoms with Crippen LogP contribution in [0.5, 0.6) is 5.75 Å². The van der Waals surface area contributed by atoms with E-state index in [1.54, 1.807) is 30.9 Å². The standard InChI is InChI=1S/C32H38BrN5O5/c1-32(2,30(40)35-12-14-36(15-13-35)31(41)42)43-28-17-23(19-34)16-27(18-28)37-11-3-4-24(21-37)29(39)38(26-9-10-26)20-22-5-7-25(33)8-6-22/h5-8,16-18,24,26H,3-4,9-15,20-21H2,1-2H3,(H,41,42). The predicted molar refractivity (Wildman–Crippen MR) is 165 cm³/mol. The number of hydrogen-bond acceptors (Lipinski definition) is 6. The molecule has 43 heavy (non-hydrogen) atoms. The van der Waals surface area contributed by atoms with Crippen molar-refractivity contribution in [1.29, 1.82) is 5.26 Å². The fourth-order valence-electron chi connectivity index (χ4n) is 5.92. The van der Waals surface area contributed by atoms with Gasteiger partial charge in [-0.3, -0.25) is 9.59 Å². The van der Waals surface area contributed by atoms with E-state index in [1.165, 1.54) is 4.90 Å². The lowest BCUT2D eigenvalue weighted by Crippen LogP contribution is -2.56. The first-order valence-electron chi connectivity index (χ1n) is 14.9. The fourth-order valence-corrected chi connectivity index (χ4v) is 6.18. The maximum atomic E-state index is 13.8. The Kier molecular flexibility index (Phi) is 9.16. The maximum absolute atomic E-state index is 13.8. The van der Waals surface area contributed by atoms with E-state index < -0.39 is 11.7 Å². The number of rotatable bonds is 8. The molecule has 2 aliphatic heterocycles. The van der Waals surface area contributed by atoms with Crippen LogP contribution in [0.4, 0.5) is 10.5 Å². The number of nitrogens with zero attached hydrogens (tertiary/aromatic N) is 5. The van der Waals surface area contributed by atoms with E-state index in [1.807, 2.05) is 23.1 Å². The average molecular weight is 653 g/mol. The summed E-state index contributed by atoms with van der Waals surface area (Å²) in [6, 6.07) is 15.9. The van der Waals surface area contributed by atoms with E-state index in [9.17, 15) is 24.8 Å². The first-order chi connectivity index (χ1) is 20.5. The summed E-state index contributed by atoms with van der Waals surface area (Å²) in [7, 11) is 0. The molecule has 2 aromatic rings. The molecule has 3 aliphatic rings. The van der Waals surface area contributed by atoms with Crippen LogP contribution >= 0.6 is 15.9 Å². The van der Waals surface area contributed by atoms with Crippen molar-refractivity contribution in [2.75, 3.05) is 44.2 Å². The molecule has 1 saturated carbocycles. The average Bonchev–Trinajstić information content (AvgIpc) is 3.85. The number of nitriles is 1. The van der Waals surface area contributed by atoms with Crippen LogP contribution < -0.4 is 9.64 Å². The Bertz CT molecular complexity index is 1400. The predicted octanol–water partition coefficient (Wildman–Crippen LogP) is 4.71. The Labute approximate surface area is 260 Å². The number of anilines is 1. The number of piperazine rings is 1. The van der Waals surface area contributed by atoms with Crippen molar-refractivity contribution in [3.8, 4) is 11.8 Å². The van der Waals surface area contributed by atoms with Gasteiger partial charge in [0.05, 0.1) is 17.6 Å². The second-order valence-corrected chi connectivity index (χ2v) is 13.0. The van der Waals surface area contributed by atoms with Gasteiger partial charge in [-0.1, -0.05) is 28.1 Å². The first-order valence-corrected chi connectivity index (χ1v) is 15.6. The van der Waals surface area contributed by atoms with Gasteiger partial charge in [-0.05, 0) is 69.4 Å². The minimum Gasteiger partial charge on any atom is -0.478 e. The highest BCUT2D eigenvalue weighted by molar-refractivity contribution is 9.10. The maximum Gasteiger partial charge on any atom is 0.407 e. The van der Waals surface area contributed by atoms with Crippen molar-refractivity contribution in [3.63, 3.8) is 0 Å². The van der Waals surface area contributed by atoms with Gasteiger partial charge in [0.15, 0.2) is 5.60 Å². The Hall–Kier alpha value is -3.78. The summed E-state index contributed by atoms with van der Waals surface area (Å²) in [6.45, 7) is 6.37. The van der Waals surface area contributed by atoms with Gasteiger partial charge in [0.25, 0.3) is 5.91 Å². The summed E-state index contributed by atoms with van der Waals surface area (Å²) >= 11 is 3.48.